The van der Waals surface area contributed by atoms with Gasteiger partial charge in [-0.25, -0.2) is 0 Å². The number of nitrogens with one attached hydrogen (secondary N) is 1. The number of benzene rings is 2. The topological polar surface area (TPSA) is 143 Å². The Morgan fingerprint density at radius 3 is 1.98 bits per heavy atom. The van der Waals surface area contributed by atoms with Crippen molar-refractivity contribution in [1.82, 2.24) is 10.1 Å². The standard InChI is InChI=1S/C37H54N4O6/c1-5-6-7-8-9-10-11-12-13-14-15-16-17-18-25-39-35(42)28-19-24-32(33(26-28)41(44)45)40-36(43)31(34(47-40)37(2,3)4)27-46-30-22-20-29(38)21-23-30/h19-24,26H,5-18,25,27,38H2,1-4H3,(H,39,42). The largest absolute Gasteiger partial charge is 0.489 e. The minimum Gasteiger partial charge on any atom is -0.489 e. The van der Waals surface area contributed by atoms with Crippen LogP contribution in [0.3, 0.4) is 0 Å². The van der Waals surface area contributed by atoms with E-state index < -0.39 is 27.5 Å². The van der Waals surface area contributed by atoms with Gasteiger partial charge in [0.05, 0.1) is 10.5 Å². The van der Waals surface area contributed by atoms with Crippen molar-refractivity contribution in [1.29, 1.82) is 0 Å². The van der Waals surface area contributed by atoms with E-state index in [0.717, 1.165) is 24.0 Å². The maximum Gasteiger partial charge on any atom is 0.297 e. The number of nitro benzene ring substituents is 1. The highest BCUT2D eigenvalue weighted by Crippen LogP contribution is 2.30. The molecule has 0 aliphatic carbocycles. The lowest BCUT2D eigenvalue weighted by molar-refractivity contribution is -0.384. The zero-order valence-electron chi connectivity index (χ0n) is 28.8. The van der Waals surface area contributed by atoms with Crippen LogP contribution in [0.15, 0.2) is 51.8 Å². The van der Waals surface area contributed by atoms with E-state index in [0.29, 0.717) is 23.7 Å². The number of ether oxygens (including phenoxy) is 1. The molecule has 0 spiro atoms. The third-order valence-corrected chi connectivity index (χ3v) is 8.31. The van der Waals surface area contributed by atoms with Gasteiger partial charge in [0.2, 0.25) is 0 Å². The fourth-order valence-corrected chi connectivity index (χ4v) is 5.61. The van der Waals surface area contributed by atoms with Gasteiger partial charge in [-0.3, -0.25) is 19.7 Å². The number of rotatable bonds is 21. The molecule has 0 radical (unpaired) electrons. The second-order valence-electron chi connectivity index (χ2n) is 13.4. The summed E-state index contributed by atoms with van der Waals surface area (Å²) in [5, 5.41) is 15.0. The number of carbonyl (C=O) groups excluding carboxylic acids is 1. The second kappa shape index (κ2) is 18.9. The molecular weight excluding hydrogens is 596 g/mol. The molecule has 1 heterocycles. The van der Waals surface area contributed by atoms with Crippen LogP contribution in [0.25, 0.3) is 5.69 Å². The van der Waals surface area contributed by atoms with Crippen molar-refractivity contribution in [2.75, 3.05) is 12.3 Å². The van der Waals surface area contributed by atoms with Crippen LogP contribution < -0.4 is 21.3 Å². The van der Waals surface area contributed by atoms with Gasteiger partial charge in [0.25, 0.3) is 17.2 Å². The lowest BCUT2D eigenvalue weighted by atomic mass is 9.91. The van der Waals surface area contributed by atoms with E-state index in [9.17, 15) is 19.7 Å². The van der Waals surface area contributed by atoms with Crippen LogP contribution in [0.2, 0.25) is 0 Å². The van der Waals surface area contributed by atoms with Gasteiger partial charge in [-0.15, -0.1) is 4.74 Å². The van der Waals surface area contributed by atoms with E-state index in [1.54, 1.807) is 24.3 Å². The fraction of sp³-hybridized carbons (Fsp3) is 0.568. The summed E-state index contributed by atoms with van der Waals surface area (Å²) in [6.07, 6.45) is 17.6. The molecule has 1 aromatic heterocycles. The maximum absolute atomic E-state index is 13.5. The second-order valence-corrected chi connectivity index (χ2v) is 13.4. The molecule has 0 saturated heterocycles. The Bertz CT molecular complexity index is 1470. The lowest BCUT2D eigenvalue weighted by Gasteiger charge is -2.16. The molecule has 2 aromatic carbocycles. The normalized spacial score (nSPS) is 11.5. The highest BCUT2D eigenvalue weighted by Gasteiger charge is 2.31. The van der Waals surface area contributed by atoms with Gasteiger partial charge in [0.15, 0.2) is 11.4 Å². The summed E-state index contributed by atoms with van der Waals surface area (Å²) in [4.78, 5) is 37.9. The number of carbonyl (C=O) groups is 1. The van der Waals surface area contributed by atoms with E-state index in [-0.39, 0.29) is 23.4 Å². The Morgan fingerprint density at radius 2 is 1.45 bits per heavy atom. The molecule has 258 valence electrons. The van der Waals surface area contributed by atoms with Crippen LogP contribution in [0.5, 0.6) is 5.75 Å². The number of nitro groups is 1. The van der Waals surface area contributed by atoms with Gasteiger partial charge in [-0.2, -0.15) is 0 Å². The van der Waals surface area contributed by atoms with Gasteiger partial charge in [0, 0.05) is 29.3 Å². The minimum atomic E-state index is -0.615. The van der Waals surface area contributed by atoms with E-state index in [1.165, 1.54) is 88.8 Å². The predicted molar refractivity (Wildman–Crippen MR) is 187 cm³/mol. The Labute approximate surface area is 279 Å². The SMILES string of the molecule is CCCCCCCCCCCCCCCCNC(=O)c1ccc(-n2oc(C(C)(C)C)c(COc3ccc(N)cc3)c2=O)c([N+](=O)[O-])c1. The Balaban J connectivity index is 1.53. The van der Waals surface area contributed by atoms with Gasteiger partial charge < -0.3 is 20.3 Å². The number of nitrogens with zero attached hydrogens (tertiary/aromatic N) is 2. The van der Waals surface area contributed by atoms with Crippen molar-refractivity contribution in [3.8, 4) is 11.4 Å². The van der Waals surface area contributed by atoms with E-state index in [4.69, 9.17) is 15.0 Å². The molecule has 10 nitrogen and oxygen atoms in total. The summed E-state index contributed by atoms with van der Waals surface area (Å²) in [5.74, 6) is 0.470. The van der Waals surface area contributed by atoms with Crippen molar-refractivity contribution in [2.24, 2.45) is 0 Å². The Morgan fingerprint density at radius 1 is 0.894 bits per heavy atom. The summed E-state index contributed by atoms with van der Waals surface area (Å²) in [5.41, 5.74) is 5.10. The van der Waals surface area contributed by atoms with Crippen molar-refractivity contribution >= 4 is 17.3 Å². The average Bonchev–Trinajstić information content (AvgIpc) is 3.38. The molecule has 3 N–H and O–H groups in total. The Hall–Kier alpha value is -4.08. The molecule has 0 unspecified atom stereocenters. The molecule has 0 saturated carbocycles. The quantitative estimate of drug-likeness (QED) is 0.0507. The van der Waals surface area contributed by atoms with Gasteiger partial charge in [0.1, 0.15) is 12.4 Å². The number of amides is 1. The zero-order chi connectivity index (χ0) is 34.2. The van der Waals surface area contributed by atoms with Crippen molar-refractivity contribution in [3.05, 3.63) is 79.8 Å². The van der Waals surface area contributed by atoms with E-state index in [2.05, 4.69) is 12.2 Å². The van der Waals surface area contributed by atoms with Crippen molar-refractivity contribution in [2.45, 2.75) is 130 Å². The number of nitrogens with two attached hydrogens (primary N) is 1. The molecule has 0 fully saturated rings. The maximum atomic E-state index is 13.5. The first-order valence-corrected chi connectivity index (χ1v) is 17.3. The number of hydrogen-bond donors (Lipinski definition) is 2. The first kappa shape index (κ1) is 37.4. The molecule has 3 aromatic rings. The summed E-state index contributed by atoms with van der Waals surface area (Å²) in [6.45, 7) is 8.28. The third kappa shape index (κ3) is 11.9. The highest BCUT2D eigenvalue weighted by molar-refractivity contribution is 5.95. The molecule has 3 rings (SSSR count). The van der Waals surface area contributed by atoms with Crippen molar-refractivity contribution in [3.63, 3.8) is 0 Å². The molecule has 1 amide bonds. The zero-order valence-corrected chi connectivity index (χ0v) is 28.8. The third-order valence-electron chi connectivity index (χ3n) is 8.31. The van der Waals surface area contributed by atoms with Crippen LogP contribution in [0, 0.1) is 10.1 Å². The number of unbranched alkanes of at least 4 members (excludes halogenated alkanes) is 13. The number of hydrogen-bond acceptors (Lipinski definition) is 7. The van der Waals surface area contributed by atoms with Gasteiger partial charge >= 0.3 is 0 Å². The summed E-state index contributed by atoms with van der Waals surface area (Å²) < 4.78 is 12.7. The summed E-state index contributed by atoms with van der Waals surface area (Å²) in [7, 11) is 0. The summed E-state index contributed by atoms with van der Waals surface area (Å²) in [6, 6.07) is 10.8. The highest BCUT2D eigenvalue weighted by atomic mass is 16.6. The average molecular weight is 651 g/mol. The molecule has 47 heavy (non-hydrogen) atoms. The van der Waals surface area contributed by atoms with Crippen LogP contribution in [-0.2, 0) is 12.0 Å². The van der Waals surface area contributed by atoms with Gasteiger partial charge in [-0.05, 0) is 42.8 Å². The van der Waals surface area contributed by atoms with Crippen LogP contribution >= 0.6 is 0 Å². The number of aromatic nitrogens is 1. The number of anilines is 1. The van der Waals surface area contributed by atoms with E-state index in [1.807, 2.05) is 20.8 Å². The first-order valence-electron chi connectivity index (χ1n) is 17.3. The van der Waals surface area contributed by atoms with Crippen LogP contribution in [0.4, 0.5) is 11.4 Å². The fourth-order valence-electron chi connectivity index (χ4n) is 5.61. The monoisotopic (exact) mass is 650 g/mol. The molecule has 0 aliphatic heterocycles. The lowest BCUT2D eigenvalue weighted by Crippen LogP contribution is -2.25. The number of nitrogen functional groups attached to an aromatic ring is 1. The Kier molecular flexibility index (Phi) is 15.0. The molecule has 0 bridgehead atoms. The molecular formula is C37H54N4O6. The predicted octanol–water partition coefficient (Wildman–Crippen LogP) is 9.01. The molecule has 0 aliphatic rings. The van der Waals surface area contributed by atoms with Crippen LogP contribution in [0.1, 0.15) is 139 Å². The molecule has 10 heteroatoms. The van der Waals surface area contributed by atoms with Crippen molar-refractivity contribution < 1.29 is 19.0 Å². The van der Waals surface area contributed by atoms with Crippen LogP contribution in [-0.4, -0.2) is 22.1 Å². The molecule has 0 atom stereocenters. The minimum absolute atomic E-state index is 0.0623. The summed E-state index contributed by atoms with van der Waals surface area (Å²) >= 11 is 0. The smallest absolute Gasteiger partial charge is 0.297 e. The first-order chi connectivity index (χ1) is 22.5. The van der Waals surface area contributed by atoms with E-state index >= 15 is 0 Å². The van der Waals surface area contributed by atoms with Gasteiger partial charge in [-0.1, -0.05) is 111 Å².